The van der Waals surface area contributed by atoms with Crippen LogP contribution in [0.1, 0.15) is 18.5 Å². The summed E-state index contributed by atoms with van der Waals surface area (Å²) in [6.07, 6.45) is 0. The molecule has 20 heavy (non-hydrogen) atoms. The Balaban J connectivity index is 2.26. The molecule has 0 aromatic heterocycles. The van der Waals surface area contributed by atoms with Crippen molar-refractivity contribution in [3.63, 3.8) is 0 Å². The van der Waals surface area contributed by atoms with E-state index in [9.17, 15) is 14.5 Å². The molecule has 0 heterocycles. The molecule has 1 N–H and O–H groups in total. The summed E-state index contributed by atoms with van der Waals surface area (Å²) in [6, 6.07) is 10.8. The number of anilines is 1. The van der Waals surface area contributed by atoms with Gasteiger partial charge in [-0.05, 0) is 41.1 Å². The van der Waals surface area contributed by atoms with Crippen LogP contribution in [0.25, 0.3) is 0 Å². The van der Waals surface area contributed by atoms with Gasteiger partial charge in [-0.15, -0.1) is 0 Å². The molecule has 0 spiro atoms. The van der Waals surface area contributed by atoms with Crippen molar-refractivity contribution in [2.75, 3.05) is 5.32 Å². The molecule has 2 aromatic rings. The number of nitro benzene ring substituents is 1. The van der Waals surface area contributed by atoms with Gasteiger partial charge in [0.2, 0.25) is 0 Å². The van der Waals surface area contributed by atoms with Crippen LogP contribution in [-0.2, 0) is 0 Å². The highest BCUT2D eigenvalue weighted by Gasteiger charge is 2.18. The van der Waals surface area contributed by atoms with Crippen molar-refractivity contribution in [3.05, 3.63) is 68.4 Å². The second-order valence-corrected chi connectivity index (χ2v) is 5.17. The van der Waals surface area contributed by atoms with Crippen molar-refractivity contribution in [2.24, 2.45) is 0 Å². The minimum Gasteiger partial charge on any atom is -0.378 e. The molecule has 104 valence electrons. The van der Waals surface area contributed by atoms with E-state index in [1.807, 2.05) is 6.92 Å². The Kier molecular flexibility index (Phi) is 4.34. The number of hydrogen-bond donors (Lipinski definition) is 1. The maximum atomic E-state index is 13.2. The third-order valence-electron chi connectivity index (χ3n) is 2.90. The summed E-state index contributed by atoms with van der Waals surface area (Å²) in [7, 11) is 0. The molecule has 0 aliphatic heterocycles. The Hall–Kier alpha value is -1.95. The van der Waals surface area contributed by atoms with Gasteiger partial charge in [-0.3, -0.25) is 10.1 Å². The normalized spacial score (nSPS) is 11.9. The van der Waals surface area contributed by atoms with Crippen molar-refractivity contribution in [3.8, 4) is 0 Å². The first kappa shape index (κ1) is 14.5. The van der Waals surface area contributed by atoms with Crippen molar-refractivity contribution in [1.82, 2.24) is 0 Å². The van der Waals surface area contributed by atoms with E-state index in [4.69, 9.17) is 0 Å². The molecular formula is C14H12BrFN2O2. The molecule has 0 saturated heterocycles. The molecule has 0 aliphatic carbocycles. The van der Waals surface area contributed by atoms with Gasteiger partial charge < -0.3 is 5.32 Å². The molecule has 2 aromatic carbocycles. The number of nitrogens with zero attached hydrogens (tertiary/aromatic N) is 1. The quantitative estimate of drug-likeness (QED) is 0.651. The van der Waals surface area contributed by atoms with Crippen molar-refractivity contribution in [1.29, 1.82) is 0 Å². The number of nitro groups is 1. The maximum Gasteiger partial charge on any atom is 0.274 e. The summed E-state index contributed by atoms with van der Waals surface area (Å²) < 4.78 is 13.5. The zero-order valence-corrected chi connectivity index (χ0v) is 12.2. The van der Waals surface area contributed by atoms with Crippen LogP contribution in [0.3, 0.4) is 0 Å². The molecule has 6 heteroatoms. The van der Waals surface area contributed by atoms with E-state index in [1.54, 1.807) is 30.3 Å². The van der Waals surface area contributed by atoms with Crippen LogP contribution in [0.2, 0.25) is 0 Å². The summed E-state index contributed by atoms with van der Waals surface area (Å²) in [5.74, 6) is -0.353. The molecule has 2 rings (SSSR count). The van der Waals surface area contributed by atoms with Crippen molar-refractivity contribution in [2.45, 2.75) is 13.0 Å². The predicted molar refractivity (Wildman–Crippen MR) is 79.2 cm³/mol. The summed E-state index contributed by atoms with van der Waals surface area (Å²) in [5, 5.41) is 14.1. The standard InChI is InChI=1S/C14H12BrFN2O2/c1-9(11-4-2-3-5-14(11)18(19)20)17-10-6-7-13(16)12(15)8-10/h2-9,17H,1H3. The van der Waals surface area contributed by atoms with Gasteiger partial charge in [0, 0.05) is 11.8 Å². The number of para-hydroxylation sites is 1. The highest BCUT2D eigenvalue weighted by atomic mass is 79.9. The van der Waals surface area contributed by atoms with Crippen LogP contribution in [0.5, 0.6) is 0 Å². The largest absolute Gasteiger partial charge is 0.378 e. The van der Waals surface area contributed by atoms with Crippen LogP contribution in [-0.4, -0.2) is 4.92 Å². The monoisotopic (exact) mass is 338 g/mol. The summed E-state index contributed by atoms with van der Waals surface area (Å²) in [4.78, 5) is 10.6. The molecule has 0 amide bonds. The van der Waals surface area contributed by atoms with Gasteiger partial charge >= 0.3 is 0 Å². The maximum absolute atomic E-state index is 13.2. The van der Waals surface area contributed by atoms with Gasteiger partial charge in [-0.1, -0.05) is 18.2 Å². The topological polar surface area (TPSA) is 55.2 Å². The van der Waals surface area contributed by atoms with Gasteiger partial charge in [0.15, 0.2) is 0 Å². The first-order valence-electron chi connectivity index (χ1n) is 5.94. The second-order valence-electron chi connectivity index (χ2n) is 4.31. The van der Waals surface area contributed by atoms with Crippen molar-refractivity contribution >= 4 is 27.3 Å². The van der Waals surface area contributed by atoms with E-state index in [0.29, 0.717) is 15.7 Å². The summed E-state index contributed by atoms with van der Waals surface area (Å²) >= 11 is 3.11. The zero-order chi connectivity index (χ0) is 14.7. The molecule has 1 atom stereocenters. The third kappa shape index (κ3) is 3.14. The predicted octanol–water partition coefficient (Wildman–Crippen LogP) is 4.67. The van der Waals surface area contributed by atoms with E-state index in [2.05, 4.69) is 21.2 Å². The van der Waals surface area contributed by atoms with E-state index in [-0.39, 0.29) is 17.5 Å². The molecule has 0 fully saturated rings. The van der Waals surface area contributed by atoms with Crippen LogP contribution in [0.4, 0.5) is 15.8 Å². The Bertz CT molecular complexity index is 649. The lowest BCUT2D eigenvalue weighted by Gasteiger charge is -2.16. The van der Waals surface area contributed by atoms with Crippen molar-refractivity contribution < 1.29 is 9.31 Å². The van der Waals surface area contributed by atoms with Gasteiger partial charge in [-0.25, -0.2) is 4.39 Å². The Morgan fingerprint density at radius 2 is 2.00 bits per heavy atom. The third-order valence-corrected chi connectivity index (χ3v) is 3.51. The lowest BCUT2D eigenvalue weighted by atomic mass is 10.1. The highest BCUT2D eigenvalue weighted by Crippen LogP contribution is 2.28. The molecular weight excluding hydrogens is 327 g/mol. The first-order valence-corrected chi connectivity index (χ1v) is 6.73. The van der Waals surface area contributed by atoms with Gasteiger partial charge in [0.05, 0.1) is 21.0 Å². The molecule has 4 nitrogen and oxygen atoms in total. The second kappa shape index (κ2) is 6.00. The lowest BCUT2D eigenvalue weighted by molar-refractivity contribution is -0.385. The average Bonchev–Trinajstić information content (AvgIpc) is 2.43. The van der Waals surface area contributed by atoms with Gasteiger partial charge in [0.1, 0.15) is 5.82 Å². The number of rotatable bonds is 4. The van der Waals surface area contributed by atoms with Crippen LogP contribution >= 0.6 is 15.9 Å². The van der Waals surface area contributed by atoms with E-state index in [1.165, 1.54) is 12.1 Å². The van der Waals surface area contributed by atoms with E-state index in [0.717, 1.165) is 0 Å². The van der Waals surface area contributed by atoms with E-state index >= 15 is 0 Å². The fourth-order valence-electron chi connectivity index (χ4n) is 1.93. The van der Waals surface area contributed by atoms with Gasteiger partial charge in [0.25, 0.3) is 5.69 Å². The molecule has 1 unspecified atom stereocenters. The van der Waals surface area contributed by atoms with E-state index < -0.39 is 4.92 Å². The van der Waals surface area contributed by atoms with Crippen LogP contribution < -0.4 is 5.32 Å². The Labute approximate surface area is 123 Å². The Morgan fingerprint density at radius 3 is 2.65 bits per heavy atom. The minimum absolute atomic E-state index is 0.0636. The molecule has 0 aliphatic rings. The number of hydrogen-bond acceptors (Lipinski definition) is 3. The lowest BCUT2D eigenvalue weighted by Crippen LogP contribution is -2.09. The summed E-state index contributed by atoms with van der Waals surface area (Å²) in [6.45, 7) is 1.82. The van der Waals surface area contributed by atoms with Crippen LogP contribution in [0.15, 0.2) is 46.9 Å². The SMILES string of the molecule is CC(Nc1ccc(F)c(Br)c1)c1ccccc1[N+](=O)[O-]. The molecule has 0 saturated carbocycles. The Morgan fingerprint density at radius 1 is 1.30 bits per heavy atom. The van der Waals surface area contributed by atoms with Crippen LogP contribution in [0, 0.1) is 15.9 Å². The number of halogens is 2. The smallest absolute Gasteiger partial charge is 0.274 e. The first-order chi connectivity index (χ1) is 9.49. The highest BCUT2D eigenvalue weighted by molar-refractivity contribution is 9.10. The fraction of sp³-hybridized carbons (Fsp3) is 0.143. The minimum atomic E-state index is -0.409. The fourth-order valence-corrected chi connectivity index (χ4v) is 2.31. The molecule has 0 radical (unpaired) electrons. The van der Waals surface area contributed by atoms with Gasteiger partial charge in [-0.2, -0.15) is 0 Å². The number of nitrogens with one attached hydrogen (secondary N) is 1. The number of benzene rings is 2. The summed E-state index contributed by atoms with van der Waals surface area (Å²) in [5.41, 5.74) is 1.33. The molecule has 0 bridgehead atoms. The zero-order valence-electron chi connectivity index (χ0n) is 10.6. The average molecular weight is 339 g/mol.